The van der Waals surface area contributed by atoms with Crippen molar-refractivity contribution in [1.82, 2.24) is 0 Å². The first kappa shape index (κ1) is 20.1. The average molecular weight is 426 g/mol. The van der Waals surface area contributed by atoms with Gasteiger partial charge in [0.15, 0.2) is 18.1 Å². The van der Waals surface area contributed by atoms with E-state index in [1.807, 2.05) is 54.8 Å². The number of ether oxygens (including phenoxy) is 4. The van der Waals surface area contributed by atoms with E-state index in [9.17, 15) is 4.79 Å². The van der Waals surface area contributed by atoms with Crippen LogP contribution in [0.3, 0.4) is 0 Å². The van der Waals surface area contributed by atoms with Crippen molar-refractivity contribution in [3.8, 4) is 23.0 Å². The van der Waals surface area contributed by atoms with Gasteiger partial charge >= 0.3 is 0 Å². The molecule has 4 rings (SSSR count). The molecule has 0 fully saturated rings. The van der Waals surface area contributed by atoms with E-state index in [2.05, 4.69) is 0 Å². The van der Waals surface area contributed by atoms with E-state index in [1.165, 1.54) is 0 Å². The standard InChI is InChI=1S/C23H23NO5S/c1-2-26-18-6-8-19(9-7-18)29-16-23(25)24(15-20-4-3-13-30-20)17-5-10-21-22(14-17)28-12-11-27-21/h3-10,13-14H,2,11-12,15-16H2,1H3. The van der Waals surface area contributed by atoms with Gasteiger partial charge in [-0.1, -0.05) is 6.07 Å². The lowest BCUT2D eigenvalue weighted by atomic mass is 10.2. The molecule has 2 heterocycles. The van der Waals surface area contributed by atoms with Crippen LogP contribution in [-0.2, 0) is 11.3 Å². The highest BCUT2D eigenvalue weighted by Gasteiger charge is 2.21. The normalized spacial score (nSPS) is 12.3. The van der Waals surface area contributed by atoms with Gasteiger partial charge in [0.2, 0.25) is 0 Å². The minimum atomic E-state index is -0.144. The summed E-state index contributed by atoms with van der Waals surface area (Å²) in [4.78, 5) is 15.9. The SMILES string of the molecule is CCOc1ccc(OCC(=O)N(Cc2cccs2)c2ccc3c(c2)OCCO3)cc1. The van der Waals surface area contributed by atoms with Crippen LogP contribution in [0.1, 0.15) is 11.8 Å². The fraction of sp³-hybridized carbons (Fsp3) is 0.261. The zero-order valence-electron chi connectivity index (χ0n) is 16.7. The number of thiophene rings is 1. The zero-order chi connectivity index (χ0) is 20.8. The molecule has 1 amide bonds. The molecule has 156 valence electrons. The van der Waals surface area contributed by atoms with Gasteiger partial charge in [0.1, 0.15) is 24.7 Å². The molecule has 7 heteroatoms. The van der Waals surface area contributed by atoms with Crippen LogP contribution in [0.25, 0.3) is 0 Å². The Bertz CT molecular complexity index is 972. The Labute approximate surface area is 179 Å². The second kappa shape index (κ2) is 9.54. The number of hydrogen-bond donors (Lipinski definition) is 0. The Balaban J connectivity index is 1.49. The molecule has 0 aliphatic carbocycles. The van der Waals surface area contributed by atoms with Crippen LogP contribution in [0.15, 0.2) is 60.0 Å². The first-order valence-electron chi connectivity index (χ1n) is 9.81. The number of nitrogens with zero attached hydrogens (tertiary/aromatic N) is 1. The average Bonchev–Trinajstić information content (AvgIpc) is 3.30. The van der Waals surface area contributed by atoms with Crippen molar-refractivity contribution in [1.29, 1.82) is 0 Å². The molecule has 0 unspecified atom stereocenters. The summed E-state index contributed by atoms with van der Waals surface area (Å²) in [6.45, 7) is 3.95. The first-order chi connectivity index (χ1) is 14.7. The molecule has 0 atom stereocenters. The fourth-order valence-corrected chi connectivity index (χ4v) is 3.80. The molecule has 0 saturated carbocycles. The minimum absolute atomic E-state index is 0.0756. The van der Waals surface area contributed by atoms with Crippen molar-refractivity contribution in [3.05, 3.63) is 64.9 Å². The third kappa shape index (κ3) is 4.86. The molecule has 1 aliphatic heterocycles. The van der Waals surface area contributed by atoms with Gasteiger partial charge in [-0.2, -0.15) is 0 Å². The number of carbonyl (C=O) groups excluding carboxylic acids is 1. The lowest BCUT2D eigenvalue weighted by molar-refractivity contribution is -0.120. The van der Waals surface area contributed by atoms with Gasteiger partial charge < -0.3 is 23.8 Å². The van der Waals surface area contributed by atoms with Gasteiger partial charge in [-0.25, -0.2) is 0 Å². The molecule has 1 aliphatic rings. The molecule has 0 bridgehead atoms. The highest BCUT2D eigenvalue weighted by atomic mass is 32.1. The van der Waals surface area contributed by atoms with Crippen LogP contribution in [-0.4, -0.2) is 32.3 Å². The largest absolute Gasteiger partial charge is 0.494 e. The van der Waals surface area contributed by atoms with Crippen molar-refractivity contribution < 1.29 is 23.7 Å². The third-order valence-corrected chi connectivity index (χ3v) is 5.39. The highest BCUT2D eigenvalue weighted by molar-refractivity contribution is 7.09. The second-order valence-corrected chi connectivity index (χ2v) is 7.61. The van der Waals surface area contributed by atoms with E-state index >= 15 is 0 Å². The summed E-state index contributed by atoms with van der Waals surface area (Å²) < 4.78 is 22.5. The van der Waals surface area contributed by atoms with Crippen LogP contribution >= 0.6 is 11.3 Å². The number of rotatable bonds is 8. The van der Waals surface area contributed by atoms with Crippen LogP contribution in [0.2, 0.25) is 0 Å². The molecule has 0 radical (unpaired) electrons. The molecular weight excluding hydrogens is 402 g/mol. The number of hydrogen-bond acceptors (Lipinski definition) is 6. The summed E-state index contributed by atoms with van der Waals surface area (Å²) >= 11 is 1.61. The smallest absolute Gasteiger partial charge is 0.265 e. The van der Waals surface area contributed by atoms with E-state index in [0.717, 1.165) is 16.3 Å². The molecule has 0 spiro atoms. The van der Waals surface area contributed by atoms with E-state index in [-0.39, 0.29) is 12.5 Å². The van der Waals surface area contributed by atoms with Gasteiger partial charge in [-0.05, 0) is 54.8 Å². The molecule has 2 aromatic carbocycles. The maximum atomic E-state index is 13.1. The highest BCUT2D eigenvalue weighted by Crippen LogP contribution is 2.34. The summed E-state index contributed by atoms with van der Waals surface area (Å²) in [5, 5.41) is 2.00. The summed E-state index contributed by atoms with van der Waals surface area (Å²) in [7, 11) is 0. The predicted octanol–water partition coefficient (Wildman–Crippen LogP) is 4.53. The summed E-state index contributed by atoms with van der Waals surface area (Å²) in [6, 6.07) is 16.8. The van der Waals surface area contributed by atoms with Crippen LogP contribution in [0.4, 0.5) is 5.69 Å². The quantitative estimate of drug-likeness (QED) is 0.531. The van der Waals surface area contributed by atoms with Crippen molar-refractivity contribution >= 4 is 22.9 Å². The number of fused-ring (bicyclic) bond motifs is 1. The van der Waals surface area contributed by atoms with Crippen molar-refractivity contribution in [2.45, 2.75) is 13.5 Å². The lowest BCUT2D eigenvalue weighted by Crippen LogP contribution is -2.34. The molecule has 0 saturated heterocycles. The van der Waals surface area contributed by atoms with Crippen molar-refractivity contribution in [3.63, 3.8) is 0 Å². The van der Waals surface area contributed by atoms with Crippen molar-refractivity contribution in [2.75, 3.05) is 31.3 Å². The third-order valence-electron chi connectivity index (χ3n) is 4.53. The molecule has 1 aromatic heterocycles. The zero-order valence-corrected chi connectivity index (χ0v) is 17.5. The second-order valence-electron chi connectivity index (χ2n) is 6.58. The van der Waals surface area contributed by atoms with Gasteiger partial charge in [-0.15, -0.1) is 11.3 Å². The summed E-state index contributed by atoms with van der Waals surface area (Å²) in [6.07, 6.45) is 0. The maximum absolute atomic E-state index is 13.1. The maximum Gasteiger partial charge on any atom is 0.265 e. The molecule has 3 aromatic rings. The van der Waals surface area contributed by atoms with Gasteiger partial charge in [0, 0.05) is 16.6 Å². The number of anilines is 1. The van der Waals surface area contributed by atoms with Crippen LogP contribution in [0, 0.1) is 0 Å². The Kier molecular flexibility index (Phi) is 6.39. The summed E-state index contributed by atoms with van der Waals surface area (Å²) in [5.74, 6) is 2.58. The first-order valence-corrected chi connectivity index (χ1v) is 10.7. The van der Waals surface area contributed by atoms with E-state index in [4.69, 9.17) is 18.9 Å². The Morgan fingerprint density at radius 2 is 1.73 bits per heavy atom. The Morgan fingerprint density at radius 3 is 2.43 bits per heavy atom. The molecular formula is C23H23NO5S. The van der Waals surface area contributed by atoms with Gasteiger partial charge in [0.25, 0.3) is 5.91 Å². The fourth-order valence-electron chi connectivity index (χ4n) is 3.10. The monoisotopic (exact) mass is 425 g/mol. The Hall–Kier alpha value is -3.19. The van der Waals surface area contributed by atoms with E-state index in [1.54, 1.807) is 28.4 Å². The van der Waals surface area contributed by atoms with Crippen LogP contribution < -0.4 is 23.8 Å². The number of benzene rings is 2. The lowest BCUT2D eigenvalue weighted by Gasteiger charge is -2.25. The predicted molar refractivity (Wildman–Crippen MR) is 116 cm³/mol. The van der Waals surface area contributed by atoms with Gasteiger partial charge in [0.05, 0.1) is 13.2 Å². The molecule has 30 heavy (non-hydrogen) atoms. The molecule has 6 nitrogen and oxygen atoms in total. The summed E-state index contributed by atoms with van der Waals surface area (Å²) in [5.41, 5.74) is 0.743. The van der Waals surface area contributed by atoms with E-state index < -0.39 is 0 Å². The van der Waals surface area contributed by atoms with Crippen LogP contribution in [0.5, 0.6) is 23.0 Å². The minimum Gasteiger partial charge on any atom is -0.494 e. The van der Waals surface area contributed by atoms with Gasteiger partial charge in [-0.3, -0.25) is 4.79 Å². The number of carbonyl (C=O) groups is 1. The topological polar surface area (TPSA) is 57.2 Å². The van der Waals surface area contributed by atoms with Crippen molar-refractivity contribution in [2.24, 2.45) is 0 Å². The molecule has 0 N–H and O–H groups in total. The Morgan fingerprint density at radius 1 is 1.00 bits per heavy atom. The van der Waals surface area contributed by atoms with E-state index in [0.29, 0.717) is 43.6 Å². The number of amides is 1.